The molecule has 6 heteroatoms. The third kappa shape index (κ3) is 4.22. The van der Waals surface area contributed by atoms with Crippen LogP contribution in [0.1, 0.15) is 44.3 Å². The highest BCUT2D eigenvalue weighted by Crippen LogP contribution is 2.28. The van der Waals surface area contributed by atoms with Crippen LogP contribution < -0.4 is 4.72 Å². The molecule has 118 valence electrons. The van der Waals surface area contributed by atoms with Crippen LogP contribution in [0, 0.1) is 0 Å². The van der Waals surface area contributed by atoms with Crippen molar-refractivity contribution in [3.8, 4) is 0 Å². The summed E-state index contributed by atoms with van der Waals surface area (Å²) in [4.78, 5) is 0.228. The van der Waals surface area contributed by atoms with E-state index in [4.69, 9.17) is 0 Å². The first-order chi connectivity index (χ1) is 9.94. The van der Waals surface area contributed by atoms with Crippen molar-refractivity contribution in [2.45, 2.75) is 54.9 Å². The summed E-state index contributed by atoms with van der Waals surface area (Å²) in [6.07, 6.45) is 5.54. The molecule has 0 saturated heterocycles. The molecule has 2 rings (SSSR count). The second kappa shape index (κ2) is 7.13. The van der Waals surface area contributed by atoms with Crippen LogP contribution in [-0.4, -0.2) is 31.1 Å². The number of hydrogen-bond acceptors (Lipinski definition) is 4. The van der Waals surface area contributed by atoms with E-state index in [0.717, 1.165) is 19.3 Å². The second-order valence-corrected chi connectivity index (χ2v) is 8.33. The largest absolute Gasteiger partial charge is 0.389 e. The lowest BCUT2D eigenvalue weighted by Gasteiger charge is -2.30. The van der Waals surface area contributed by atoms with E-state index in [1.807, 2.05) is 6.26 Å². The van der Waals surface area contributed by atoms with Crippen molar-refractivity contribution in [2.75, 3.05) is 6.26 Å². The quantitative estimate of drug-likeness (QED) is 0.871. The van der Waals surface area contributed by atoms with E-state index >= 15 is 0 Å². The summed E-state index contributed by atoms with van der Waals surface area (Å²) < 4.78 is 27.9. The fraction of sp³-hybridized carbons (Fsp3) is 0.600. The minimum atomic E-state index is -3.53. The highest BCUT2D eigenvalue weighted by molar-refractivity contribution is 7.99. The third-order valence-corrected chi connectivity index (χ3v) is 6.62. The van der Waals surface area contributed by atoms with Crippen LogP contribution in [-0.2, 0) is 10.0 Å². The number of aliphatic hydroxyl groups is 1. The number of benzene rings is 1. The van der Waals surface area contributed by atoms with E-state index < -0.39 is 16.1 Å². The Morgan fingerprint density at radius 2 is 2.05 bits per heavy atom. The molecule has 0 radical (unpaired) electrons. The van der Waals surface area contributed by atoms with E-state index in [9.17, 15) is 13.5 Å². The number of aliphatic hydroxyl groups excluding tert-OH is 1. The van der Waals surface area contributed by atoms with Gasteiger partial charge in [0.2, 0.25) is 10.0 Å². The van der Waals surface area contributed by atoms with Crippen molar-refractivity contribution in [2.24, 2.45) is 0 Å². The molecule has 0 aromatic heterocycles. The molecule has 3 atom stereocenters. The zero-order valence-corrected chi connectivity index (χ0v) is 14.1. The average molecular weight is 329 g/mol. The molecular weight excluding hydrogens is 306 g/mol. The maximum Gasteiger partial charge on any atom is 0.240 e. The predicted molar refractivity (Wildman–Crippen MR) is 87.0 cm³/mol. The lowest BCUT2D eigenvalue weighted by atomic mass is 9.96. The molecule has 21 heavy (non-hydrogen) atoms. The number of sulfonamides is 1. The standard InChI is InChI=1S/C15H23NO3S2/c1-11(17)12-6-5-7-13(10-12)21(18,19)16-14-8-3-4-9-15(14)20-2/h5-7,10-11,14-17H,3-4,8-9H2,1-2H3. The van der Waals surface area contributed by atoms with E-state index in [0.29, 0.717) is 10.8 Å². The molecule has 1 aliphatic rings. The SMILES string of the molecule is CSC1CCCCC1NS(=O)(=O)c1cccc(C(C)O)c1. The summed E-state index contributed by atoms with van der Waals surface area (Å²) in [5.74, 6) is 0. The molecule has 0 amide bonds. The summed E-state index contributed by atoms with van der Waals surface area (Å²) in [6, 6.07) is 6.52. The number of rotatable bonds is 5. The lowest BCUT2D eigenvalue weighted by molar-refractivity contribution is 0.199. The Hall–Kier alpha value is -0.560. The summed E-state index contributed by atoms with van der Waals surface area (Å²) in [6.45, 7) is 1.63. The maximum atomic E-state index is 12.5. The Morgan fingerprint density at radius 1 is 1.33 bits per heavy atom. The zero-order valence-electron chi connectivity index (χ0n) is 12.5. The van der Waals surface area contributed by atoms with Crippen molar-refractivity contribution >= 4 is 21.8 Å². The highest BCUT2D eigenvalue weighted by Gasteiger charge is 2.29. The van der Waals surface area contributed by atoms with Crippen molar-refractivity contribution in [1.29, 1.82) is 0 Å². The first kappa shape index (κ1) is 16.8. The van der Waals surface area contributed by atoms with Crippen LogP contribution in [0.25, 0.3) is 0 Å². The summed E-state index contributed by atoms with van der Waals surface area (Å²) in [5.41, 5.74) is 0.614. The van der Waals surface area contributed by atoms with Crippen LogP contribution in [0.4, 0.5) is 0 Å². The molecule has 0 bridgehead atoms. The molecular formula is C15H23NO3S2. The molecule has 3 unspecified atom stereocenters. The highest BCUT2D eigenvalue weighted by atomic mass is 32.2. The summed E-state index contributed by atoms with van der Waals surface area (Å²) in [7, 11) is -3.53. The third-order valence-electron chi connectivity index (χ3n) is 3.96. The Labute approximate surface area is 131 Å². The fourth-order valence-electron chi connectivity index (χ4n) is 2.72. The van der Waals surface area contributed by atoms with Gasteiger partial charge in [-0.25, -0.2) is 13.1 Å². The first-order valence-corrected chi connectivity index (χ1v) is 10.0. The number of hydrogen-bond donors (Lipinski definition) is 2. The first-order valence-electron chi connectivity index (χ1n) is 7.27. The van der Waals surface area contributed by atoms with Gasteiger partial charge in [0.25, 0.3) is 0 Å². The van der Waals surface area contributed by atoms with E-state index in [2.05, 4.69) is 4.72 Å². The number of thioether (sulfide) groups is 1. The molecule has 1 aliphatic carbocycles. The van der Waals surface area contributed by atoms with Gasteiger partial charge in [0.1, 0.15) is 0 Å². The van der Waals surface area contributed by atoms with Gasteiger partial charge in [0, 0.05) is 11.3 Å². The molecule has 0 heterocycles. The Morgan fingerprint density at radius 3 is 2.71 bits per heavy atom. The van der Waals surface area contributed by atoms with Crippen LogP contribution in [0.5, 0.6) is 0 Å². The summed E-state index contributed by atoms with van der Waals surface area (Å²) >= 11 is 1.73. The summed E-state index contributed by atoms with van der Waals surface area (Å²) in [5, 5.41) is 9.94. The molecule has 1 aromatic rings. The molecule has 1 fully saturated rings. The van der Waals surface area contributed by atoms with Gasteiger partial charge in [0.05, 0.1) is 11.0 Å². The van der Waals surface area contributed by atoms with Crippen molar-refractivity contribution in [3.05, 3.63) is 29.8 Å². The molecule has 1 saturated carbocycles. The van der Waals surface area contributed by atoms with E-state index in [1.165, 1.54) is 6.42 Å². The minimum absolute atomic E-state index is 0.00560. The smallest absolute Gasteiger partial charge is 0.240 e. The van der Waals surface area contributed by atoms with Crippen LogP contribution >= 0.6 is 11.8 Å². The maximum absolute atomic E-state index is 12.5. The van der Waals surface area contributed by atoms with Gasteiger partial charge in [-0.2, -0.15) is 11.8 Å². The second-order valence-electron chi connectivity index (χ2n) is 5.53. The van der Waals surface area contributed by atoms with Crippen molar-refractivity contribution < 1.29 is 13.5 Å². The predicted octanol–water partition coefficient (Wildman–Crippen LogP) is 2.69. The average Bonchev–Trinajstić information content (AvgIpc) is 2.47. The monoisotopic (exact) mass is 329 g/mol. The molecule has 0 spiro atoms. The van der Waals surface area contributed by atoms with Gasteiger partial charge >= 0.3 is 0 Å². The van der Waals surface area contributed by atoms with Crippen LogP contribution in [0.2, 0.25) is 0 Å². The van der Waals surface area contributed by atoms with Gasteiger partial charge in [-0.05, 0) is 43.7 Å². The zero-order chi connectivity index (χ0) is 15.5. The lowest BCUT2D eigenvalue weighted by Crippen LogP contribution is -2.43. The Balaban J connectivity index is 2.19. The van der Waals surface area contributed by atoms with Gasteiger partial charge in [-0.3, -0.25) is 0 Å². The van der Waals surface area contributed by atoms with Gasteiger partial charge in [0.15, 0.2) is 0 Å². The molecule has 2 N–H and O–H groups in total. The van der Waals surface area contributed by atoms with E-state index in [1.54, 1.807) is 43.0 Å². The number of nitrogens with one attached hydrogen (secondary N) is 1. The van der Waals surface area contributed by atoms with Crippen molar-refractivity contribution in [3.63, 3.8) is 0 Å². The Kier molecular flexibility index (Phi) is 5.71. The normalized spacial score (nSPS) is 24.7. The minimum Gasteiger partial charge on any atom is -0.389 e. The van der Waals surface area contributed by atoms with Crippen LogP contribution in [0.3, 0.4) is 0 Å². The van der Waals surface area contributed by atoms with Gasteiger partial charge in [-0.15, -0.1) is 0 Å². The van der Waals surface area contributed by atoms with E-state index in [-0.39, 0.29) is 10.9 Å². The van der Waals surface area contributed by atoms with Crippen LogP contribution in [0.15, 0.2) is 29.2 Å². The van der Waals surface area contributed by atoms with Crippen molar-refractivity contribution in [1.82, 2.24) is 4.72 Å². The Bertz CT molecular complexity index is 572. The fourth-order valence-corrected chi connectivity index (χ4v) is 5.11. The van der Waals surface area contributed by atoms with Gasteiger partial charge < -0.3 is 5.11 Å². The topological polar surface area (TPSA) is 66.4 Å². The van der Waals surface area contributed by atoms with Gasteiger partial charge in [-0.1, -0.05) is 25.0 Å². The molecule has 0 aliphatic heterocycles. The molecule has 4 nitrogen and oxygen atoms in total. The molecule has 1 aromatic carbocycles.